The summed E-state index contributed by atoms with van der Waals surface area (Å²) in [5.74, 6) is -0.436. The first-order chi connectivity index (χ1) is 12.4. The smallest absolute Gasteiger partial charge is 0.336 e. The van der Waals surface area contributed by atoms with Crippen molar-refractivity contribution in [1.82, 2.24) is 14.3 Å². The first-order valence-corrected chi connectivity index (χ1v) is 9.25. The number of aromatic carboxylic acids is 1. The minimum atomic E-state index is -3.70. The van der Waals surface area contributed by atoms with Crippen molar-refractivity contribution in [1.29, 1.82) is 0 Å². The van der Waals surface area contributed by atoms with E-state index in [4.69, 9.17) is 0 Å². The van der Waals surface area contributed by atoms with Crippen LogP contribution in [0.4, 0.5) is 0 Å². The number of rotatable bonds is 6. The first kappa shape index (κ1) is 17.8. The van der Waals surface area contributed by atoms with Crippen molar-refractivity contribution in [3.05, 3.63) is 72.3 Å². The van der Waals surface area contributed by atoms with Crippen molar-refractivity contribution in [2.45, 2.75) is 11.4 Å². The van der Waals surface area contributed by atoms with Gasteiger partial charge in [0.2, 0.25) is 10.0 Å². The standard InChI is InChI=1S/C18H17N3O4S/c1-21-11-10-19-17(21)12-20-26(24,25)14-8-6-13(7-9-14)15-4-2-3-5-16(15)18(22)23/h2-11,20H,12H2,1H3,(H,22,23). The van der Waals surface area contributed by atoms with Crippen LogP contribution >= 0.6 is 0 Å². The average Bonchev–Trinajstić information content (AvgIpc) is 3.05. The molecule has 2 N–H and O–H groups in total. The first-order valence-electron chi connectivity index (χ1n) is 7.77. The molecule has 0 aliphatic carbocycles. The Morgan fingerprint density at radius 2 is 1.85 bits per heavy atom. The summed E-state index contributed by atoms with van der Waals surface area (Å²) in [7, 11) is -1.92. The number of carboxylic acids is 1. The Hall–Kier alpha value is -2.97. The molecule has 8 heteroatoms. The summed E-state index contributed by atoms with van der Waals surface area (Å²) in [6, 6.07) is 12.7. The third kappa shape index (κ3) is 3.66. The fourth-order valence-corrected chi connectivity index (χ4v) is 3.52. The largest absolute Gasteiger partial charge is 0.478 e. The monoisotopic (exact) mass is 371 g/mol. The molecule has 0 bridgehead atoms. The van der Waals surface area contributed by atoms with E-state index < -0.39 is 16.0 Å². The zero-order chi connectivity index (χ0) is 18.7. The predicted molar refractivity (Wildman–Crippen MR) is 96.1 cm³/mol. The lowest BCUT2D eigenvalue weighted by Crippen LogP contribution is -2.24. The molecule has 0 fully saturated rings. The van der Waals surface area contributed by atoms with Gasteiger partial charge in [-0.3, -0.25) is 0 Å². The van der Waals surface area contributed by atoms with Gasteiger partial charge in [0.1, 0.15) is 5.82 Å². The number of carboxylic acid groups (broad SMARTS) is 1. The Kier molecular flexibility index (Phi) is 4.88. The number of aryl methyl sites for hydroxylation is 1. The molecule has 3 aromatic rings. The van der Waals surface area contributed by atoms with Crippen molar-refractivity contribution in [2.24, 2.45) is 7.05 Å². The fraction of sp³-hybridized carbons (Fsp3) is 0.111. The number of nitrogens with one attached hydrogen (secondary N) is 1. The molecule has 0 aliphatic heterocycles. The molecule has 26 heavy (non-hydrogen) atoms. The number of imidazole rings is 1. The van der Waals surface area contributed by atoms with E-state index in [1.54, 1.807) is 54.3 Å². The minimum Gasteiger partial charge on any atom is -0.478 e. The summed E-state index contributed by atoms with van der Waals surface area (Å²) in [5, 5.41) is 9.28. The molecule has 2 aromatic carbocycles. The van der Waals surface area contributed by atoms with Crippen LogP contribution in [0.1, 0.15) is 16.2 Å². The summed E-state index contributed by atoms with van der Waals surface area (Å²) in [4.78, 5) is 15.5. The lowest BCUT2D eigenvalue weighted by atomic mass is 10.00. The fourth-order valence-electron chi connectivity index (χ4n) is 2.54. The van der Waals surface area contributed by atoms with Gasteiger partial charge < -0.3 is 9.67 Å². The number of hydrogen-bond acceptors (Lipinski definition) is 4. The molecule has 0 saturated heterocycles. The van der Waals surface area contributed by atoms with Gasteiger partial charge in [-0.2, -0.15) is 0 Å². The molecule has 1 heterocycles. The Labute approximate surface area is 151 Å². The van der Waals surface area contributed by atoms with Crippen LogP contribution < -0.4 is 4.72 Å². The molecular weight excluding hydrogens is 354 g/mol. The lowest BCUT2D eigenvalue weighted by molar-refractivity contribution is 0.0697. The molecule has 0 aliphatic rings. The molecule has 0 atom stereocenters. The van der Waals surface area contributed by atoms with Crippen LogP contribution in [0.25, 0.3) is 11.1 Å². The van der Waals surface area contributed by atoms with Crippen molar-refractivity contribution >= 4 is 16.0 Å². The van der Waals surface area contributed by atoms with Gasteiger partial charge in [-0.15, -0.1) is 0 Å². The highest BCUT2D eigenvalue weighted by Crippen LogP contribution is 2.25. The van der Waals surface area contributed by atoms with Gasteiger partial charge in [-0.1, -0.05) is 30.3 Å². The Balaban J connectivity index is 1.83. The Morgan fingerprint density at radius 3 is 2.46 bits per heavy atom. The van der Waals surface area contributed by atoms with Crippen LogP contribution in [-0.4, -0.2) is 29.0 Å². The highest BCUT2D eigenvalue weighted by atomic mass is 32.2. The molecule has 0 saturated carbocycles. The minimum absolute atomic E-state index is 0.0788. The van der Waals surface area contributed by atoms with E-state index in [1.807, 2.05) is 0 Å². The average molecular weight is 371 g/mol. The second-order valence-electron chi connectivity index (χ2n) is 5.65. The number of sulfonamides is 1. The Bertz CT molecular complexity index is 1040. The number of nitrogens with zero attached hydrogens (tertiary/aromatic N) is 2. The maximum atomic E-state index is 12.4. The molecule has 134 valence electrons. The second-order valence-corrected chi connectivity index (χ2v) is 7.42. The Morgan fingerprint density at radius 1 is 1.15 bits per heavy atom. The van der Waals surface area contributed by atoms with E-state index in [9.17, 15) is 18.3 Å². The van der Waals surface area contributed by atoms with E-state index in [0.29, 0.717) is 17.0 Å². The van der Waals surface area contributed by atoms with Crippen LogP contribution in [0.5, 0.6) is 0 Å². The summed E-state index contributed by atoms with van der Waals surface area (Å²) >= 11 is 0. The quantitative estimate of drug-likeness (QED) is 0.692. The van der Waals surface area contributed by atoms with Crippen molar-refractivity contribution < 1.29 is 18.3 Å². The van der Waals surface area contributed by atoms with Crippen molar-refractivity contribution in [3.8, 4) is 11.1 Å². The molecular formula is C18H17N3O4S. The maximum absolute atomic E-state index is 12.4. The number of carbonyl (C=O) groups is 1. The molecule has 0 unspecified atom stereocenters. The van der Waals surface area contributed by atoms with Crippen LogP contribution in [0.2, 0.25) is 0 Å². The SMILES string of the molecule is Cn1ccnc1CNS(=O)(=O)c1ccc(-c2ccccc2C(=O)O)cc1. The van der Waals surface area contributed by atoms with Gasteiger partial charge in [-0.25, -0.2) is 22.9 Å². The van der Waals surface area contributed by atoms with Crippen LogP contribution in [0.3, 0.4) is 0 Å². The summed E-state index contributed by atoms with van der Waals surface area (Å²) in [6.45, 7) is 0.0788. The highest BCUT2D eigenvalue weighted by molar-refractivity contribution is 7.89. The molecule has 0 radical (unpaired) electrons. The third-order valence-electron chi connectivity index (χ3n) is 3.97. The van der Waals surface area contributed by atoms with Crippen LogP contribution in [-0.2, 0) is 23.6 Å². The van der Waals surface area contributed by atoms with E-state index in [-0.39, 0.29) is 17.0 Å². The molecule has 1 aromatic heterocycles. The number of benzene rings is 2. The zero-order valence-corrected chi connectivity index (χ0v) is 14.8. The van der Waals surface area contributed by atoms with E-state index >= 15 is 0 Å². The van der Waals surface area contributed by atoms with Gasteiger partial charge in [0, 0.05) is 19.4 Å². The van der Waals surface area contributed by atoms with Gasteiger partial charge in [0.05, 0.1) is 17.0 Å². The molecule has 0 spiro atoms. The highest BCUT2D eigenvalue weighted by Gasteiger charge is 2.16. The van der Waals surface area contributed by atoms with E-state index in [1.165, 1.54) is 18.2 Å². The van der Waals surface area contributed by atoms with Gasteiger partial charge >= 0.3 is 5.97 Å². The summed E-state index contributed by atoms with van der Waals surface area (Å²) in [6.07, 6.45) is 3.33. The van der Waals surface area contributed by atoms with Gasteiger partial charge in [0.15, 0.2) is 0 Å². The number of aromatic nitrogens is 2. The van der Waals surface area contributed by atoms with E-state index in [2.05, 4.69) is 9.71 Å². The lowest BCUT2D eigenvalue weighted by Gasteiger charge is -2.09. The number of hydrogen-bond donors (Lipinski definition) is 2. The normalized spacial score (nSPS) is 11.4. The van der Waals surface area contributed by atoms with Crippen LogP contribution in [0, 0.1) is 0 Å². The summed E-state index contributed by atoms with van der Waals surface area (Å²) < 4.78 is 29.1. The zero-order valence-electron chi connectivity index (χ0n) is 14.0. The third-order valence-corrected chi connectivity index (χ3v) is 5.39. The second kappa shape index (κ2) is 7.11. The van der Waals surface area contributed by atoms with Crippen LogP contribution in [0.15, 0.2) is 65.8 Å². The van der Waals surface area contributed by atoms with Crippen molar-refractivity contribution in [2.75, 3.05) is 0 Å². The van der Waals surface area contributed by atoms with E-state index in [0.717, 1.165) is 0 Å². The molecule has 3 rings (SSSR count). The molecule has 0 amide bonds. The molecule has 7 nitrogen and oxygen atoms in total. The topological polar surface area (TPSA) is 101 Å². The van der Waals surface area contributed by atoms with Crippen molar-refractivity contribution in [3.63, 3.8) is 0 Å². The predicted octanol–water partition coefficient (Wildman–Crippen LogP) is 2.26. The van der Waals surface area contributed by atoms with Gasteiger partial charge in [0.25, 0.3) is 0 Å². The van der Waals surface area contributed by atoms with Gasteiger partial charge in [-0.05, 0) is 29.3 Å². The summed E-state index contributed by atoms with van der Waals surface area (Å²) in [5.41, 5.74) is 1.33. The maximum Gasteiger partial charge on any atom is 0.336 e.